The van der Waals surface area contributed by atoms with E-state index in [2.05, 4.69) is 16.8 Å². The molecule has 0 aromatic heterocycles. The molecule has 0 aromatic rings. The second kappa shape index (κ2) is 4.28. The fraction of sp³-hybridized carbons (Fsp3) is 1.00. The summed E-state index contributed by atoms with van der Waals surface area (Å²) < 4.78 is 0. The fourth-order valence-electron chi connectivity index (χ4n) is 4.07. The van der Waals surface area contributed by atoms with Crippen LogP contribution in [0, 0.1) is 0 Å². The molecule has 3 aliphatic heterocycles. The van der Waals surface area contributed by atoms with Gasteiger partial charge in [0.25, 0.3) is 0 Å². The predicted octanol–water partition coefficient (Wildman–Crippen LogP) is 1.03. The Morgan fingerprint density at radius 1 is 1.12 bits per heavy atom. The van der Waals surface area contributed by atoms with Crippen molar-refractivity contribution in [2.75, 3.05) is 20.1 Å². The third-order valence-electron chi connectivity index (χ3n) is 5.01. The highest BCUT2D eigenvalue weighted by Crippen LogP contribution is 2.36. The maximum absolute atomic E-state index is 6.12. The number of hydrogen-bond donors (Lipinski definition) is 1. The quantitative estimate of drug-likeness (QED) is 0.759. The molecule has 3 fully saturated rings. The maximum atomic E-state index is 6.12. The van der Waals surface area contributed by atoms with Crippen molar-refractivity contribution in [3.63, 3.8) is 0 Å². The topological polar surface area (TPSA) is 32.5 Å². The number of piperidine rings is 1. The molecule has 3 heterocycles. The van der Waals surface area contributed by atoms with Gasteiger partial charge in [0.2, 0.25) is 0 Å². The van der Waals surface area contributed by atoms with Gasteiger partial charge >= 0.3 is 0 Å². The van der Waals surface area contributed by atoms with Gasteiger partial charge in [-0.05, 0) is 52.1 Å². The van der Waals surface area contributed by atoms with Crippen LogP contribution in [-0.2, 0) is 0 Å². The van der Waals surface area contributed by atoms with Crippen LogP contribution in [0.3, 0.4) is 0 Å². The lowest BCUT2D eigenvalue weighted by Gasteiger charge is -2.40. The molecule has 92 valence electrons. The van der Waals surface area contributed by atoms with Crippen LogP contribution in [0.1, 0.15) is 38.5 Å². The maximum Gasteiger partial charge on any atom is 0.0220 e. The van der Waals surface area contributed by atoms with Gasteiger partial charge < -0.3 is 10.6 Å². The summed E-state index contributed by atoms with van der Waals surface area (Å²) in [4.78, 5) is 5.34. The zero-order valence-corrected chi connectivity index (χ0v) is 10.4. The molecule has 3 saturated heterocycles. The van der Waals surface area contributed by atoms with Gasteiger partial charge in [-0.3, -0.25) is 4.90 Å². The molecule has 16 heavy (non-hydrogen) atoms. The number of fused-ring (bicyclic) bond motifs is 2. The minimum absolute atomic E-state index is 0.482. The molecule has 3 rings (SSSR count). The lowest BCUT2D eigenvalue weighted by Crippen LogP contribution is -2.51. The first-order valence-electron chi connectivity index (χ1n) is 6.95. The van der Waals surface area contributed by atoms with Gasteiger partial charge in [-0.2, -0.15) is 0 Å². The third kappa shape index (κ3) is 1.89. The highest BCUT2D eigenvalue weighted by molar-refractivity contribution is 4.98. The summed E-state index contributed by atoms with van der Waals surface area (Å²) in [6.45, 7) is 2.60. The van der Waals surface area contributed by atoms with E-state index in [4.69, 9.17) is 5.73 Å². The Bertz CT molecular complexity index is 242. The van der Waals surface area contributed by atoms with Crippen LogP contribution in [0.15, 0.2) is 0 Å². The van der Waals surface area contributed by atoms with Crippen molar-refractivity contribution in [2.45, 2.75) is 62.7 Å². The van der Waals surface area contributed by atoms with Gasteiger partial charge in [-0.1, -0.05) is 0 Å². The summed E-state index contributed by atoms with van der Waals surface area (Å²) in [6.07, 6.45) is 8.08. The minimum Gasteiger partial charge on any atom is -0.328 e. The number of nitrogens with zero attached hydrogens (tertiary/aromatic N) is 2. The Balaban J connectivity index is 1.63. The molecule has 2 bridgehead atoms. The first-order valence-corrected chi connectivity index (χ1v) is 6.95. The van der Waals surface area contributed by atoms with Gasteiger partial charge in [0.15, 0.2) is 0 Å². The van der Waals surface area contributed by atoms with Crippen molar-refractivity contribution in [1.82, 2.24) is 9.80 Å². The van der Waals surface area contributed by atoms with E-state index < -0.39 is 0 Å². The summed E-state index contributed by atoms with van der Waals surface area (Å²) in [5.41, 5.74) is 6.12. The first kappa shape index (κ1) is 11.0. The van der Waals surface area contributed by atoms with E-state index in [-0.39, 0.29) is 0 Å². The normalized spacial score (nSPS) is 45.4. The molecule has 3 heteroatoms. The van der Waals surface area contributed by atoms with Crippen LogP contribution in [0.4, 0.5) is 0 Å². The monoisotopic (exact) mass is 223 g/mol. The van der Waals surface area contributed by atoms with Crippen molar-refractivity contribution < 1.29 is 0 Å². The Hall–Kier alpha value is -0.120. The fourth-order valence-corrected chi connectivity index (χ4v) is 4.07. The highest BCUT2D eigenvalue weighted by atomic mass is 15.3. The van der Waals surface area contributed by atoms with E-state index in [1.165, 1.54) is 51.6 Å². The molecule has 3 atom stereocenters. The van der Waals surface area contributed by atoms with Crippen molar-refractivity contribution in [3.05, 3.63) is 0 Å². The van der Waals surface area contributed by atoms with E-state index in [9.17, 15) is 0 Å². The van der Waals surface area contributed by atoms with E-state index >= 15 is 0 Å². The van der Waals surface area contributed by atoms with Gasteiger partial charge in [-0.15, -0.1) is 0 Å². The van der Waals surface area contributed by atoms with Gasteiger partial charge in [0.1, 0.15) is 0 Å². The van der Waals surface area contributed by atoms with E-state index in [1.54, 1.807) is 0 Å². The number of nitrogens with two attached hydrogens (primary N) is 1. The Kier molecular flexibility index (Phi) is 2.94. The van der Waals surface area contributed by atoms with Crippen LogP contribution >= 0.6 is 0 Å². The van der Waals surface area contributed by atoms with Crippen LogP contribution < -0.4 is 5.73 Å². The van der Waals surface area contributed by atoms with Gasteiger partial charge in [0.05, 0.1) is 0 Å². The second-order valence-electron chi connectivity index (χ2n) is 6.09. The molecule has 0 spiro atoms. The number of hydrogen-bond acceptors (Lipinski definition) is 3. The van der Waals surface area contributed by atoms with Crippen LogP contribution in [0.25, 0.3) is 0 Å². The average molecular weight is 223 g/mol. The standard InChI is InChI=1S/C13H25N3/c1-15-6-2-3-13(15)9-16-11-4-5-12(16)8-10(14)7-11/h10-13H,2-9,14H2,1H3. The summed E-state index contributed by atoms with van der Waals surface area (Å²) in [6, 6.07) is 2.91. The smallest absolute Gasteiger partial charge is 0.0220 e. The molecule has 0 aromatic carbocycles. The van der Waals surface area contributed by atoms with Gasteiger partial charge in [-0.25, -0.2) is 0 Å². The van der Waals surface area contributed by atoms with Crippen molar-refractivity contribution in [3.8, 4) is 0 Å². The number of likely N-dealkylation sites (N-methyl/N-ethyl adjacent to an activating group) is 1. The first-order chi connectivity index (χ1) is 7.74. The predicted molar refractivity (Wildman–Crippen MR) is 66.4 cm³/mol. The van der Waals surface area contributed by atoms with E-state index in [0.29, 0.717) is 6.04 Å². The SMILES string of the molecule is CN1CCCC1CN1C2CCC1CC(N)C2. The van der Waals surface area contributed by atoms with E-state index in [0.717, 1.165) is 18.1 Å². The minimum atomic E-state index is 0.482. The molecular formula is C13H25N3. The van der Waals surface area contributed by atoms with Crippen molar-refractivity contribution in [1.29, 1.82) is 0 Å². The number of likely N-dealkylation sites (tertiary alicyclic amines) is 1. The summed E-state index contributed by atoms with van der Waals surface area (Å²) in [5, 5.41) is 0. The van der Waals surface area contributed by atoms with Crippen molar-refractivity contribution >= 4 is 0 Å². The molecule has 3 unspecified atom stereocenters. The molecule has 3 nitrogen and oxygen atoms in total. The lowest BCUT2D eigenvalue weighted by atomic mass is 9.97. The van der Waals surface area contributed by atoms with Gasteiger partial charge in [0, 0.05) is 30.7 Å². The molecule has 0 radical (unpaired) electrons. The summed E-state index contributed by atoms with van der Waals surface area (Å²) in [7, 11) is 2.29. The molecule has 2 N–H and O–H groups in total. The third-order valence-corrected chi connectivity index (χ3v) is 5.01. The Morgan fingerprint density at radius 2 is 1.81 bits per heavy atom. The van der Waals surface area contributed by atoms with E-state index in [1.807, 2.05) is 0 Å². The second-order valence-corrected chi connectivity index (χ2v) is 6.09. The molecular weight excluding hydrogens is 198 g/mol. The molecule has 0 amide bonds. The van der Waals surface area contributed by atoms with Crippen LogP contribution in [0.5, 0.6) is 0 Å². The highest BCUT2D eigenvalue weighted by Gasteiger charge is 2.40. The molecule has 0 aliphatic carbocycles. The summed E-state index contributed by atoms with van der Waals surface area (Å²) in [5.74, 6) is 0. The van der Waals surface area contributed by atoms with Crippen LogP contribution in [-0.4, -0.2) is 54.1 Å². The Morgan fingerprint density at radius 3 is 2.38 bits per heavy atom. The average Bonchev–Trinajstić information content (AvgIpc) is 2.73. The molecule has 3 aliphatic rings. The zero-order chi connectivity index (χ0) is 11.1. The zero-order valence-electron chi connectivity index (χ0n) is 10.4. The number of rotatable bonds is 2. The van der Waals surface area contributed by atoms with Crippen molar-refractivity contribution in [2.24, 2.45) is 5.73 Å². The molecule has 0 saturated carbocycles. The Labute approximate surface area is 99.0 Å². The lowest BCUT2D eigenvalue weighted by molar-refractivity contribution is 0.0967. The van der Waals surface area contributed by atoms with Crippen LogP contribution in [0.2, 0.25) is 0 Å². The summed E-state index contributed by atoms with van der Waals surface area (Å²) >= 11 is 0. The largest absolute Gasteiger partial charge is 0.328 e.